The number of benzene rings is 2. The highest BCUT2D eigenvalue weighted by Gasteiger charge is 2.40. The highest BCUT2D eigenvalue weighted by Crippen LogP contribution is 2.30. The Balaban J connectivity index is 1.54. The molecule has 1 aliphatic rings. The molecule has 144 valence electrons. The second-order valence-corrected chi connectivity index (χ2v) is 6.78. The zero-order chi connectivity index (χ0) is 19.5. The molecule has 1 aliphatic heterocycles. The van der Waals surface area contributed by atoms with Crippen LogP contribution in [0.15, 0.2) is 60.9 Å². The van der Waals surface area contributed by atoms with Crippen LogP contribution in [0.1, 0.15) is 0 Å². The van der Waals surface area contributed by atoms with Gasteiger partial charge >= 0.3 is 0 Å². The van der Waals surface area contributed by atoms with Crippen molar-refractivity contribution in [2.45, 2.75) is 6.04 Å². The number of nitrogens with one attached hydrogen (secondary N) is 2. The molecule has 0 saturated carbocycles. The molecular formula is C21H22N4O3. The lowest BCUT2D eigenvalue weighted by Gasteiger charge is -2.19. The number of aliphatic hydroxyl groups is 1. The molecule has 2 atom stereocenters. The van der Waals surface area contributed by atoms with Gasteiger partial charge in [-0.3, -0.25) is 9.89 Å². The number of aromatic nitrogens is 2. The summed E-state index contributed by atoms with van der Waals surface area (Å²) in [5.74, 6) is 0.452. The van der Waals surface area contributed by atoms with Crippen molar-refractivity contribution in [2.24, 2.45) is 5.92 Å². The number of anilines is 2. The van der Waals surface area contributed by atoms with Crippen LogP contribution in [0, 0.1) is 5.92 Å². The molecule has 2 aromatic carbocycles. The number of hydrogen-bond acceptors (Lipinski definition) is 5. The third-order valence-electron chi connectivity index (χ3n) is 5.06. The smallest absolute Gasteiger partial charge is 0.249 e. The van der Waals surface area contributed by atoms with E-state index in [0.29, 0.717) is 12.3 Å². The molecule has 3 N–H and O–H groups in total. The lowest BCUT2D eigenvalue weighted by molar-refractivity contribution is -0.118. The topological polar surface area (TPSA) is 90.5 Å². The molecule has 1 unspecified atom stereocenters. The van der Waals surface area contributed by atoms with E-state index >= 15 is 0 Å². The molecule has 0 spiro atoms. The lowest BCUT2D eigenvalue weighted by Crippen LogP contribution is -2.36. The van der Waals surface area contributed by atoms with Crippen LogP contribution in [0.4, 0.5) is 11.4 Å². The van der Waals surface area contributed by atoms with Crippen LogP contribution in [0.2, 0.25) is 0 Å². The molecule has 4 rings (SSSR count). The number of H-pyrrole nitrogens is 1. The van der Waals surface area contributed by atoms with Gasteiger partial charge in [0.2, 0.25) is 5.91 Å². The third kappa shape index (κ3) is 3.44. The number of nitrogens with zero attached hydrogens (tertiary/aromatic N) is 2. The summed E-state index contributed by atoms with van der Waals surface area (Å²) in [6.45, 7) is 0.388. The molecule has 0 radical (unpaired) electrons. The third-order valence-corrected chi connectivity index (χ3v) is 5.06. The van der Waals surface area contributed by atoms with Gasteiger partial charge in [0, 0.05) is 41.7 Å². The van der Waals surface area contributed by atoms with E-state index in [1.54, 1.807) is 18.2 Å². The molecule has 3 aromatic rings. The zero-order valence-corrected chi connectivity index (χ0v) is 15.5. The lowest BCUT2D eigenvalue weighted by atomic mass is 10.0. The maximum atomic E-state index is 13.1. The molecule has 7 heteroatoms. The number of aromatic amines is 1. The Hall–Kier alpha value is -3.32. The van der Waals surface area contributed by atoms with E-state index in [1.165, 1.54) is 0 Å². The van der Waals surface area contributed by atoms with Gasteiger partial charge in [0.25, 0.3) is 0 Å². The maximum absolute atomic E-state index is 13.1. The van der Waals surface area contributed by atoms with E-state index in [-0.39, 0.29) is 18.4 Å². The van der Waals surface area contributed by atoms with Crippen molar-refractivity contribution in [3.63, 3.8) is 0 Å². The van der Waals surface area contributed by atoms with Crippen LogP contribution in [-0.2, 0) is 4.79 Å². The molecule has 1 aromatic heterocycles. The Bertz CT molecular complexity index is 941. The summed E-state index contributed by atoms with van der Waals surface area (Å²) in [5, 5.41) is 19.8. The fourth-order valence-electron chi connectivity index (χ4n) is 3.51. The largest absolute Gasteiger partial charge is 0.497 e. The predicted octanol–water partition coefficient (Wildman–Crippen LogP) is 2.52. The summed E-state index contributed by atoms with van der Waals surface area (Å²) in [7, 11) is 1.60. The molecule has 28 heavy (non-hydrogen) atoms. The van der Waals surface area contributed by atoms with Crippen molar-refractivity contribution in [3.05, 3.63) is 60.9 Å². The quantitative estimate of drug-likeness (QED) is 0.613. The molecular weight excluding hydrogens is 356 g/mol. The highest BCUT2D eigenvalue weighted by atomic mass is 16.5. The minimum Gasteiger partial charge on any atom is -0.497 e. The zero-order valence-electron chi connectivity index (χ0n) is 15.5. The number of ether oxygens (including phenoxy) is 1. The van der Waals surface area contributed by atoms with Gasteiger partial charge < -0.3 is 20.1 Å². The first-order valence-electron chi connectivity index (χ1n) is 9.11. The van der Waals surface area contributed by atoms with Crippen molar-refractivity contribution in [1.29, 1.82) is 0 Å². The van der Waals surface area contributed by atoms with Crippen molar-refractivity contribution in [3.8, 4) is 16.9 Å². The number of rotatable bonds is 6. The second-order valence-electron chi connectivity index (χ2n) is 6.78. The van der Waals surface area contributed by atoms with E-state index in [2.05, 4.69) is 15.5 Å². The average molecular weight is 378 g/mol. The number of aliphatic hydroxyl groups excluding tert-OH is 1. The minimum atomic E-state index is -0.495. The Morgan fingerprint density at radius 3 is 2.75 bits per heavy atom. The average Bonchev–Trinajstić information content (AvgIpc) is 3.38. The van der Waals surface area contributed by atoms with E-state index < -0.39 is 6.04 Å². The Morgan fingerprint density at radius 1 is 1.25 bits per heavy atom. The van der Waals surface area contributed by atoms with Crippen molar-refractivity contribution in [2.75, 3.05) is 30.5 Å². The number of hydrogen-bond donors (Lipinski definition) is 3. The van der Waals surface area contributed by atoms with Gasteiger partial charge in [-0.05, 0) is 29.8 Å². The first-order chi connectivity index (χ1) is 13.7. The van der Waals surface area contributed by atoms with Crippen LogP contribution >= 0.6 is 0 Å². The highest BCUT2D eigenvalue weighted by molar-refractivity contribution is 6.01. The Kier molecular flexibility index (Phi) is 4.99. The fraction of sp³-hybridized carbons (Fsp3) is 0.238. The molecule has 2 heterocycles. The van der Waals surface area contributed by atoms with Gasteiger partial charge in [0.05, 0.1) is 19.9 Å². The number of carbonyl (C=O) groups excluding carboxylic acids is 1. The van der Waals surface area contributed by atoms with Gasteiger partial charge in [-0.25, -0.2) is 0 Å². The monoisotopic (exact) mass is 378 g/mol. The van der Waals surface area contributed by atoms with Crippen molar-refractivity contribution >= 4 is 17.3 Å². The fourth-order valence-corrected chi connectivity index (χ4v) is 3.51. The van der Waals surface area contributed by atoms with E-state index in [0.717, 1.165) is 22.5 Å². The summed E-state index contributed by atoms with van der Waals surface area (Å²) in [6, 6.07) is 14.7. The summed E-state index contributed by atoms with van der Waals surface area (Å²) >= 11 is 0. The summed E-state index contributed by atoms with van der Waals surface area (Å²) in [4.78, 5) is 14.8. The second kappa shape index (κ2) is 7.74. The molecule has 0 aliphatic carbocycles. The van der Waals surface area contributed by atoms with Gasteiger partial charge in [-0.1, -0.05) is 18.2 Å². The first kappa shape index (κ1) is 18.1. The Labute approximate surface area is 163 Å². The minimum absolute atomic E-state index is 0.0575. The van der Waals surface area contributed by atoms with Crippen LogP contribution < -0.4 is 15.0 Å². The summed E-state index contributed by atoms with van der Waals surface area (Å²) in [6.07, 6.45) is 3.58. The summed E-state index contributed by atoms with van der Waals surface area (Å²) in [5.41, 5.74) is 3.61. The first-order valence-corrected chi connectivity index (χ1v) is 9.11. The maximum Gasteiger partial charge on any atom is 0.249 e. The van der Waals surface area contributed by atoms with Crippen molar-refractivity contribution < 1.29 is 14.6 Å². The molecule has 1 saturated heterocycles. The standard InChI is InChI=1S/C21H22N4O3/c1-28-19-4-2-3-17(9-19)24-20-16(13-26)12-25(21(20)27)18-7-5-14(6-8-18)15-10-22-23-11-15/h2-11,16,20,24,26H,12-13H2,1H3,(H,22,23)/t16-,20?/m0/s1. The molecule has 1 fully saturated rings. The van der Waals surface area contributed by atoms with Gasteiger partial charge in [0.1, 0.15) is 11.8 Å². The van der Waals surface area contributed by atoms with Crippen LogP contribution in [0.3, 0.4) is 0 Å². The number of methoxy groups -OCH3 is 1. The van der Waals surface area contributed by atoms with Crippen LogP contribution in [0.25, 0.3) is 11.1 Å². The molecule has 0 bridgehead atoms. The Morgan fingerprint density at radius 2 is 2.07 bits per heavy atom. The van der Waals surface area contributed by atoms with Crippen LogP contribution in [0.5, 0.6) is 5.75 Å². The normalized spacial score (nSPS) is 19.1. The van der Waals surface area contributed by atoms with Gasteiger partial charge in [-0.15, -0.1) is 0 Å². The molecule has 7 nitrogen and oxygen atoms in total. The van der Waals surface area contributed by atoms with E-state index in [9.17, 15) is 9.90 Å². The number of carbonyl (C=O) groups is 1. The van der Waals surface area contributed by atoms with Crippen LogP contribution in [-0.4, -0.2) is 47.5 Å². The number of amides is 1. The SMILES string of the molecule is COc1cccc(NC2C(=O)N(c3ccc(-c4cn[nH]c4)cc3)C[C@H]2CO)c1. The van der Waals surface area contributed by atoms with Gasteiger partial charge in [0.15, 0.2) is 0 Å². The molecule has 1 amide bonds. The predicted molar refractivity (Wildman–Crippen MR) is 107 cm³/mol. The van der Waals surface area contributed by atoms with E-state index in [1.807, 2.05) is 54.7 Å². The van der Waals surface area contributed by atoms with Gasteiger partial charge in [-0.2, -0.15) is 5.10 Å². The summed E-state index contributed by atoms with van der Waals surface area (Å²) < 4.78 is 5.24. The van der Waals surface area contributed by atoms with Crippen molar-refractivity contribution in [1.82, 2.24) is 10.2 Å². The van der Waals surface area contributed by atoms with E-state index in [4.69, 9.17) is 4.74 Å².